The second-order valence-corrected chi connectivity index (χ2v) is 19.7. The van der Waals surface area contributed by atoms with Crippen molar-refractivity contribution >= 4 is 23.2 Å². The molecule has 1 spiro atoms. The summed E-state index contributed by atoms with van der Waals surface area (Å²) in [5, 5.41) is 13.2. The van der Waals surface area contributed by atoms with Gasteiger partial charge in [-0.3, -0.25) is 14.5 Å². The number of methoxy groups -OCH3 is 1. The molecule has 0 unspecified atom stereocenters. The summed E-state index contributed by atoms with van der Waals surface area (Å²) in [4.78, 5) is 35.7. The number of carbonyl (C=O) groups excluding carboxylic acids is 2. The molecule has 4 aromatic rings. The minimum atomic E-state index is -0.474. The van der Waals surface area contributed by atoms with Gasteiger partial charge < -0.3 is 34.6 Å². The fourth-order valence-corrected chi connectivity index (χ4v) is 12.8. The standard InChI is InChI=1S/C52H59N5O5/c1-33-9-15-45(49(59)53-33)57-31-43-41(50(57)60)14-16-44-48(43)62-32-38-30-54(23-24-56(38)44)29-34-27-52(28-34)19-21-55(22-20-52)37-10-12-42(46(26-37)61-3)47-40-13-11-39(58)25-35(40)17-18-51(47,2)36-7-5-4-6-8-36/h4-8,10-14,16,25-26,34,38,45,47,58H,1,9,15,17-24,27-32H2,2-3H3,(H,53,59)/t38-,45+,47-,51+/m1/s1. The van der Waals surface area contributed by atoms with E-state index in [9.17, 15) is 14.7 Å². The fourth-order valence-electron chi connectivity index (χ4n) is 12.8. The van der Waals surface area contributed by atoms with Crippen molar-refractivity contribution in [1.29, 1.82) is 0 Å². The number of allylic oxidation sites excluding steroid dienone is 1. The lowest BCUT2D eigenvalue weighted by Gasteiger charge is -2.54. The lowest BCUT2D eigenvalue weighted by molar-refractivity contribution is -0.126. The van der Waals surface area contributed by atoms with Gasteiger partial charge in [0.05, 0.1) is 25.4 Å². The Bertz CT molecular complexity index is 2440. The maximum Gasteiger partial charge on any atom is 0.255 e. The second kappa shape index (κ2) is 15.1. The van der Waals surface area contributed by atoms with Crippen molar-refractivity contribution in [3.8, 4) is 17.2 Å². The van der Waals surface area contributed by atoms with Crippen LogP contribution in [0.4, 0.5) is 11.4 Å². The monoisotopic (exact) mass is 833 g/mol. The van der Waals surface area contributed by atoms with Crippen LogP contribution in [0.3, 0.4) is 0 Å². The highest BCUT2D eigenvalue weighted by atomic mass is 16.5. The summed E-state index contributed by atoms with van der Waals surface area (Å²) < 4.78 is 12.7. The van der Waals surface area contributed by atoms with Crippen LogP contribution >= 0.6 is 0 Å². The molecular formula is C52H59N5O5. The molecule has 2 amide bonds. The number of piperidine rings is 2. The smallest absolute Gasteiger partial charge is 0.255 e. The zero-order valence-corrected chi connectivity index (χ0v) is 36.2. The molecule has 10 nitrogen and oxygen atoms in total. The molecule has 0 radical (unpaired) electrons. The van der Waals surface area contributed by atoms with E-state index in [4.69, 9.17) is 9.47 Å². The Labute approximate surface area is 365 Å². The van der Waals surface area contributed by atoms with Crippen LogP contribution < -0.4 is 24.6 Å². The molecule has 7 aliphatic rings. The van der Waals surface area contributed by atoms with Crippen LogP contribution in [0.25, 0.3) is 0 Å². The van der Waals surface area contributed by atoms with E-state index in [-0.39, 0.29) is 29.2 Å². The molecule has 1 saturated carbocycles. The third-order valence-corrected chi connectivity index (χ3v) is 16.2. The van der Waals surface area contributed by atoms with Gasteiger partial charge in [-0.05, 0) is 110 Å². The topological polar surface area (TPSA) is 97.8 Å². The third kappa shape index (κ3) is 6.54. The zero-order valence-electron chi connectivity index (χ0n) is 36.2. The summed E-state index contributed by atoms with van der Waals surface area (Å²) >= 11 is 0. The number of amides is 2. The minimum absolute atomic E-state index is 0.0823. The number of nitrogens with one attached hydrogen (secondary N) is 1. The van der Waals surface area contributed by atoms with Crippen molar-refractivity contribution in [2.24, 2.45) is 11.3 Å². The second-order valence-electron chi connectivity index (χ2n) is 19.7. The predicted octanol–water partition coefficient (Wildman–Crippen LogP) is 7.76. The van der Waals surface area contributed by atoms with Gasteiger partial charge in [0.15, 0.2) is 0 Å². The summed E-state index contributed by atoms with van der Waals surface area (Å²) in [7, 11) is 1.81. The van der Waals surface area contributed by atoms with Gasteiger partial charge >= 0.3 is 0 Å². The van der Waals surface area contributed by atoms with Crippen LogP contribution in [0.2, 0.25) is 0 Å². The number of anilines is 2. The molecule has 5 aliphatic heterocycles. The molecule has 4 aromatic carbocycles. The van der Waals surface area contributed by atoms with Crippen LogP contribution in [0.5, 0.6) is 17.2 Å². The van der Waals surface area contributed by atoms with E-state index in [1.165, 1.54) is 53.6 Å². The molecule has 2 N–H and O–H groups in total. The number of aromatic hydroxyl groups is 1. The van der Waals surface area contributed by atoms with Crippen molar-refractivity contribution in [1.82, 2.24) is 15.1 Å². The first-order chi connectivity index (χ1) is 30.1. The number of fused-ring (bicyclic) bond motifs is 6. The number of hydrogen-bond acceptors (Lipinski definition) is 8. The number of rotatable bonds is 7. The Morgan fingerprint density at radius 2 is 1.71 bits per heavy atom. The van der Waals surface area contributed by atoms with E-state index in [0.29, 0.717) is 42.7 Å². The Morgan fingerprint density at radius 3 is 2.50 bits per heavy atom. The number of phenols is 1. The first-order valence-electron chi connectivity index (χ1n) is 23.0. The number of carbonyl (C=O) groups is 2. The van der Waals surface area contributed by atoms with Crippen molar-refractivity contribution in [3.63, 3.8) is 0 Å². The average molecular weight is 834 g/mol. The van der Waals surface area contributed by atoms with Crippen LogP contribution in [0.1, 0.15) is 96.0 Å². The fraction of sp³-hybridized carbons (Fsp3) is 0.462. The molecule has 2 aliphatic carbocycles. The molecule has 322 valence electrons. The third-order valence-electron chi connectivity index (χ3n) is 16.2. The first-order valence-corrected chi connectivity index (χ1v) is 23.0. The molecule has 5 heterocycles. The van der Waals surface area contributed by atoms with Crippen molar-refractivity contribution in [3.05, 3.63) is 125 Å². The van der Waals surface area contributed by atoms with Gasteiger partial charge in [-0.2, -0.15) is 0 Å². The van der Waals surface area contributed by atoms with Crippen LogP contribution in [0, 0.1) is 11.3 Å². The maximum absolute atomic E-state index is 13.5. The molecule has 4 fully saturated rings. The Balaban J connectivity index is 0.712. The largest absolute Gasteiger partial charge is 0.508 e. The molecule has 0 aromatic heterocycles. The van der Waals surface area contributed by atoms with E-state index >= 15 is 0 Å². The summed E-state index contributed by atoms with van der Waals surface area (Å²) in [5.41, 5.74) is 10.0. The number of piperazine rings is 1. The first kappa shape index (κ1) is 39.4. The van der Waals surface area contributed by atoms with E-state index in [1.807, 2.05) is 25.3 Å². The van der Waals surface area contributed by atoms with Gasteiger partial charge in [-0.15, -0.1) is 0 Å². The van der Waals surface area contributed by atoms with Crippen LogP contribution in [0.15, 0.2) is 91.1 Å². The Kier molecular flexibility index (Phi) is 9.59. The highest BCUT2D eigenvalue weighted by molar-refractivity contribution is 6.03. The van der Waals surface area contributed by atoms with Gasteiger partial charge in [0, 0.05) is 84.7 Å². The van der Waals surface area contributed by atoms with Gasteiger partial charge in [0.25, 0.3) is 5.91 Å². The lowest BCUT2D eigenvalue weighted by atomic mass is 9.57. The molecule has 11 rings (SSSR count). The van der Waals surface area contributed by atoms with Crippen molar-refractivity contribution < 1.29 is 24.2 Å². The van der Waals surface area contributed by atoms with Gasteiger partial charge in [0.1, 0.15) is 29.9 Å². The summed E-state index contributed by atoms with van der Waals surface area (Å²) in [5.74, 6) is 2.70. The zero-order chi connectivity index (χ0) is 42.3. The molecule has 10 heteroatoms. The number of hydrogen-bond donors (Lipinski definition) is 2. The van der Waals surface area contributed by atoms with Gasteiger partial charge in [-0.25, -0.2) is 0 Å². The highest BCUT2D eigenvalue weighted by Gasteiger charge is 2.48. The van der Waals surface area contributed by atoms with Gasteiger partial charge in [0.2, 0.25) is 5.91 Å². The van der Waals surface area contributed by atoms with Crippen LogP contribution in [-0.2, 0) is 23.2 Å². The van der Waals surface area contributed by atoms with Gasteiger partial charge in [-0.1, -0.05) is 56.0 Å². The molecule has 3 saturated heterocycles. The highest BCUT2D eigenvalue weighted by Crippen LogP contribution is 2.55. The summed E-state index contributed by atoms with van der Waals surface area (Å²) in [6, 6.07) is 27.6. The van der Waals surface area contributed by atoms with E-state index in [2.05, 4.69) is 94.2 Å². The maximum atomic E-state index is 13.5. The molecule has 62 heavy (non-hydrogen) atoms. The number of aryl methyl sites for hydroxylation is 1. The Morgan fingerprint density at radius 1 is 0.903 bits per heavy atom. The van der Waals surface area contributed by atoms with Crippen molar-refractivity contribution in [2.75, 3.05) is 62.8 Å². The Hall–Kier alpha value is -5.48. The van der Waals surface area contributed by atoms with Crippen molar-refractivity contribution in [2.45, 2.75) is 88.3 Å². The van der Waals surface area contributed by atoms with E-state index in [0.717, 1.165) is 86.5 Å². The van der Waals surface area contributed by atoms with E-state index < -0.39 is 6.04 Å². The lowest BCUT2D eigenvalue weighted by Crippen LogP contribution is -2.59. The number of nitrogens with zero attached hydrogens (tertiary/aromatic N) is 4. The average Bonchev–Trinajstić information content (AvgIpc) is 3.61. The number of benzene rings is 4. The number of phenolic OH excluding ortho intramolecular Hbond substituents is 1. The number of ether oxygens (including phenoxy) is 2. The molecule has 0 bridgehead atoms. The SMILES string of the molecule is C=C1CC[C@H](N2Cc3c(ccc4c3OC[C@H]3CN(CC5CC6(CCN(c7ccc([C@H]8c9ccc(O)cc9CC[C@@]8(C)c8ccccc8)c(OC)c7)CC6)C5)CCN43)C2=O)C(=O)N1. The predicted molar refractivity (Wildman–Crippen MR) is 241 cm³/mol. The van der Waals surface area contributed by atoms with Crippen LogP contribution in [-0.4, -0.2) is 91.8 Å². The molecule has 4 atom stereocenters. The summed E-state index contributed by atoms with van der Waals surface area (Å²) in [6.45, 7) is 13.6. The summed E-state index contributed by atoms with van der Waals surface area (Å²) in [6.07, 6.45) is 8.28. The minimum Gasteiger partial charge on any atom is -0.508 e. The quantitative estimate of drug-likeness (QED) is 0.195. The molecular weight excluding hydrogens is 775 g/mol. The normalized spacial score (nSPS) is 26.8. The van der Waals surface area contributed by atoms with E-state index in [1.54, 1.807) is 4.90 Å².